The molecule has 0 amide bonds. The Hall–Kier alpha value is -0.0800. The first-order valence-corrected chi connectivity index (χ1v) is 5.72. The largest absolute Gasteiger partial charge is 0.324 e. The molecule has 76 valence electrons. The Kier molecular flexibility index (Phi) is 2.61. The maximum absolute atomic E-state index is 6.32. The highest BCUT2D eigenvalue weighted by molar-refractivity contribution is 4.95. The first-order chi connectivity index (χ1) is 6.20. The Morgan fingerprint density at radius 3 is 2.46 bits per heavy atom. The van der Waals surface area contributed by atoms with Crippen molar-refractivity contribution in [2.24, 2.45) is 11.7 Å². The number of nitrogens with two attached hydrogens (primary N) is 1. The molecule has 0 bridgehead atoms. The molecule has 0 aromatic rings. The molecule has 0 aromatic heterocycles. The quantitative estimate of drug-likeness (QED) is 0.696. The topological polar surface area (TPSA) is 38.0 Å². The minimum absolute atomic E-state index is 0.126. The van der Waals surface area contributed by atoms with Gasteiger partial charge in [-0.1, -0.05) is 26.2 Å². The van der Waals surface area contributed by atoms with Gasteiger partial charge in [-0.25, -0.2) is 0 Å². The van der Waals surface area contributed by atoms with Crippen LogP contribution in [0.3, 0.4) is 0 Å². The molecule has 0 spiro atoms. The molecule has 2 heteroatoms. The molecule has 0 heterocycles. The van der Waals surface area contributed by atoms with Crippen molar-refractivity contribution >= 4 is 0 Å². The van der Waals surface area contributed by atoms with Gasteiger partial charge in [-0.15, -0.1) is 0 Å². The highest BCUT2D eigenvalue weighted by atomic mass is 15.0. The van der Waals surface area contributed by atoms with E-state index in [1.807, 2.05) is 0 Å². The Bertz CT molecular complexity index is 173. The fourth-order valence-electron chi connectivity index (χ4n) is 2.37. The van der Waals surface area contributed by atoms with Crippen LogP contribution in [0.4, 0.5) is 0 Å². The fraction of sp³-hybridized carbons (Fsp3) is 1.00. The van der Waals surface area contributed by atoms with E-state index in [9.17, 15) is 0 Å². The van der Waals surface area contributed by atoms with Gasteiger partial charge in [0.25, 0.3) is 0 Å². The van der Waals surface area contributed by atoms with Crippen molar-refractivity contribution in [1.82, 2.24) is 5.32 Å². The van der Waals surface area contributed by atoms with Gasteiger partial charge < -0.3 is 11.1 Å². The van der Waals surface area contributed by atoms with Gasteiger partial charge in [0.1, 0.15) is 0 Å². The van der Waals surface area contributed by atoms with E-state index in [1.54, 1.807) is 0 Å². The van der Waals surface area contributed by atoms with Crippen LogP contribution in [-0.4, -0.2) is 18.1 Å². The van der Waals surface area contributed by atoms with Crippen LogP contribution < -0.4 is 11.1 Å². The second-order valence-electron chi connectivity index (χ2n) is 5.12. The molecule has 2 rings (SSSR count). The van der Waals surface area contributed by atoms with E-state index in [-0.39, 0.29) is 5.54 Å². The molecule has 2 fully saturated rings. The van der Waals surface area contributed by atoms with Crippen molar-refractivity contribution in [2.75, 3.05) is 6.54 Å². The molecule has 2 saturated carbocycles. The molecule has 2 nitrogen and oxygen atoms in total. The zero-order valence-corrected chi connectivity index (χ0v) is 8.68. The molecule has 0 radical (unpaired) electrons. The smallest absolute Gasteiger partial charge is 0.0280 e. The standard InChI is InChI=1S/C11H22N2/c1-9-7-10(9)13-8-11(12)5-3-2-4-6-11/h9-10,13H,2-8,12H2,1H3. The van der Waals surface area contributed by atoms with Crippen LogP contribution in [0.1, 0.15) is 45.4 Å². The van der Waals surface area contributed by atoms with Crippen LogP contribution in [-0.2, 0) is 0 Å². The molecule has 3 N–H and O–H groups in total. The molecule has 2 atom stereocenters. The third-order valence-electron chi connectivity index (χ3n) is 3.68. The van der Waals surface area contributed by atoms with Crippen molar-refractivity contribution in [3.63, 3.8) is 0 Å². The summed E-state index contributed by atoms with van der Waals surface area (Å²) < 4.78 is 0. The molecule has 2 aliphatic rings. The molecule has 13 heavy (non-hydrogen) atoms. The summed E-state index contributed by atoms with van der Waals surface area (Å²) in [6.07, 6.45) is 7.86. The third-order valence-corrected chi connectivity index (χ3v) is 3.68. The van der Waals surface area contributed by atoms with Crippen molar-refractivity contribution < 1.29 is 0 Å². The fourth-order valence-corrected chi connectivity index (χ4v) is 2.37. The summed E-state index contributed by atoms with van der Waals surface area (Å²) in [7, 11) is 0. The normalized spacial score (nSPS) is 37.4. The highest BCUT2D eigenvalue weighted by Crippen LogP contribution is 2.31. The second-order valence-corrected chi connectivity index (χ2v) is 5.12. The summed E-state index contributed by atoms with van der Waals surface area (Å²) in [4.78, 5) is 0. The van der Waals surface area contributed by atoms with Gasteiger partial charge in [0.15, 0.2) is 0 Å². The van der Waals surface area contributed by atoms with Gasteiger partial charge in [-0.05, 0) is 25.2 Å². The SMILES string of the molecule is CC1CC1NCC1(N)CCCCC1. The van der Waals surface area contributed by atoms with Gasteiger partial charge >= 0.3 is 0 Å². The minimum atomic E-state index is 0.126. The summed E-state index contributed by atoms with van der Waals surface area (Å²) in [5.74, 6) is 0.896. The Morgan fingerprint density at radius 2 is 1.92 bits per heavy atom. The predicted octanol–water partition coefficient (Wildman–Crippen LogP) is 1.65. The number of rotatable bonds is 3. The average Bonchev–Trinajstić information content (AvgIpc) is 2.80. The van der Waals surface area contributed by atoms with Gasteiger partial charge in [0.05, 0.1) is 0 Å². The maximum Gasteiger partial charge on any atom is 0.0280 e. The van der Waals surface area contributed by atoms with E-state index < -0.39 is 0 Å². The van der Waals surface area contributed by atoms with Crippen LogP contribution in [0.15, 0.2) is 0 Å². The third kappa shape index (κ3) is 2.44. The van der Waals surface area contributed by atoms with E-state index in [2.05, 4.69) is 12.2 Å². The van der Waals surface area contributed by atoms with E-state index in [4.69, 9.17) is 5.73 Å². The molecule has 2 aliphatic carbocycles. The minimum Gasteiger partial charge on any atom is -0.324 e. The average molecular weight is 182 g/mol. The number of hydrogen-bond donors (Lipinski definition) is 2. The van der Waals surface area contributed by atoms with Crippen LogP contribution >= 0.6 is 0 Å². The predicted molar refractivity (Wildman–Crippen MR) is 55.6 cm³/mol. The zero-order chi connectivity index (χ0) is 9.31. The Morgan fingerprint density at radius 1 is 1.31 bits per heavy atom. The molecule has 2 unspecified atom stereocenters. The lowest BCUT2D eigenvalue weighted by Gasteiger charge is -2.33. The monoisotopic (exact) mass is 182 g/mol. The van der Waals surface area contributed by atoms with Crippen LogP contribution in [0.5, 0.6) is 0 Å². The van der Waals surface area contributed by atoms with E-state index >= 15 is 0 Å². The molecule has 0 saturated heterocycles. The van der Waals surface area contributed by atoms with Gasteiger partial charge in [-0.2, -0.15) is 0 Å². The second kappa shape index (κ2) is 3.58. The molecule has 0 aliphatic heterocycles. The van der Waals surface area contributed by atoms with E-state index in [1.165, 1.54) is 38.5 Å². The van der Waals surface area contributed by atoms with Crippen LogP contribution in [0.25, 0.3) is 0 Å². The maximum atomic E-state index is 6.32. The number of nitrogens with one attached hydrogen (secondary N) is 1. The summed E-state index contributed by atoms with van der Waals surface area (Å²) in [6, 6.07) is 0.780. The van der Waals surface area contributed by atoms with E-state index in [0.717, 1.165) is 18.5 Å². The zero-order valence-electron chi connectivity index (χ0n) is 8.68. The van der Waals surface area contributed by atoms with Crippen LogP contribution in [0, 0.1) is 5.92 Å². The first-order valence-electron chi connectivity index (χ1n) is 5.72. The lowest BCUT2D eigenvalue weighted by molar-refractivity contribution is 0.282. The summed E-state index contributed by atoms with van der Waals surface area (Å²) in [5, 5.41) is 3.59. The van der Waals surface area contributed by atoms with Crippen molar-refractivity contribution in [2.45, 2.75) is 57.0 Å². The lowest BCUT2D eigenvalue weighted by atomic mass is 9.82. The van der Waals surface area contributed by atoms with Gasteiger partial charge in [0.2, 0.25) is 0 Å². The lowest BCUT2D eigenvalue weighted by Crippen LogP contribution is -2.50. The number of hydrogen-bond acceptors (Lipinski definition) is 2. The molecule has 0 aromatic carbocycles. The van der Waals surface area contributed by atoms with Crippen molar-refractivity contribution in [3.8, 4) is 0 Å². The highest BCUT2D eigenvalue weighted by Gasteiger charge is 2.35. The van der Waals surface area contributed by atoms with Crippen molar-refractivity contribution in [3.05, 3.63) is 0 Å². The van der Waals surface area contributed by atoms with Crippen LogP contribution in [0.2, 0.25) is 0 Å². The summed E-state index contributed by atoms with van der Waals surface area (Å²) >= 11 is 0. The summed E-state index contributed by atoms with van der Waals surface area (Å²) in [5.41, 5.74) is 6.44. The Labute approximate surface area is 81.3 Å². The Balaban J connectivity index is 1.72. The summed E-state index contributed by atoms with van der Waals surface area (Å²) in [6.45, 7) is 3.35. The van der Waals surface area contributed by atoms with Crippen molar-refractivity contribution in [1.29, 1.82) is 0 Å². The molecular weight excluding hydrogens is 160 g/mol. The first kappa shape index (κ1) is 9.47. The van der Waals surface area contributed by atoms with E-state index in [0.29, 0.717) is 0 Å². The van der Waals surface area contributed by atoms with Gasteiger partial charge in [-0.3, -0.25) is 0 Å². The van der Waals surface area contributed by atoms with Gasteiger partial charge in [0, 0.05) is 18.1 Å². The molecular formula is C11H22N2.